The van der Waals surface area contributed by atoms with E-state index in [9.17, 15) is 14.9 Å². The van der Waals surface area contributed by atoms with Gasteiger partial charge in [0.15, 0.2) is 5.78 Å². The van der Waals surface area contributed by atoms with Crippen LogP contribution in [0.4, 0.5) is 22.1 Å². The number of carbonyl (C=O) groups is 1. The van der Waals surface area contributed by atoms with Gasteiger partial charge in [0, 0.05) is 24.8 Å². The summed E-state index contributed by atoms with van der Waals surface area (Å²) in [6.07, 6.45) is 0. The lowest BCUT2D eigenvalue weighted by molar-refractivity contribution is -0.383. The number of carbonyl (C=O) groups excluding carboxylic acids is 1. The molecule has 0 fully saturated rings. The molecule has 10 heteroatoms. The first kappa shape index (κ1) is 19.6. The highest BCUT2D eigenvalue weighted by Gasteiger charge is 2.20. The lowest BCUT2D eigenvalue weighted by Crippen LogP contribution is -2.29. The Kier molecular flexibility index (Phi) is 6.89. The van der Waals surface area contributed by atoms with Gasteiger partial charge in [-0.25, -0.2) is 0 Å². The smallest absolute Gasteiger partial charge is 0.308 e. The van der Waals surface area contributed by atoms with E-state index in [1.54, 1.807) is 24.3 Å². The molecular weight excluding hydrogens is 360 g/mol. The molecule has 0 atom stereocenters. The second kappa shape index (κ2) is 9.13. The molecule has 0 aliphatic rings. The number of rotatable bonds is 9. The van der Waals surface area contributed by atoms with Crippen LogP contribution in [0.3, 0.4) is 0 Å². The number of Topliss-reactive ketones (excluding diaryl/α,β-unsaturated/α-hetero) is 1. The maximum atomic E-state index is 11.4. The van der Waals surface area contributed by atoms with E-state index < -0.39 is 4.92 Å². The zero-order chi connectivity index (χ0) is 19.1. The van der Waals surface area contributed by atoms with Gasteiger partial charge in [-0.2, -0.15) is 0 Å². The van der Waals surface area contributed by atoms with Crippen LogP contribution in [-0.2, 0) is 0 Å². The minimum Gasteiger partial charge on any atom is -0.395 e. The first-order valence-electron chi connectivity index (χ1n) is 7.74. The molecular formula is C16H18N4O5S. The number of azo groups is 1. The van der Waals surface area contributed by atoms with E-state index in [0.717, 1.165) is 17.0 Å². The number of benzene rings is 1. The summed E-state index contributed by atoms with van der Waals surface area (Å²) in [5, 5.41) is 37.2. The van der Waals surface area contributed by atoms with E-state index in [2.05, 4.69) is 10.2 Å². The molecule has 0 aliphatic carbocycles. The quantitative estimate of drug-likeness (QED) is 0.299. The Balaban J connectivity index is 2.21. The molecule has 2 N–H and O–H groups in total. The summed E-state index contributed by atoms with van der Waals surface area (Å²) in [6.45, 7) is 2.02. The molecule has 0 saturated heterocycles. The highest BCUT2D eigenvalue weighted by molar-refractivity contribution is 7.18. The van der Waals surface area contributed by atoms with Gasteiger partial charge in [0.1, 0.15) is 0 Å². The van der Waals surface area contributed by atoms with Crippen LogP contribution in [0.2, 0.25) is 0 Å². The third-order valence-corrected chi connectivity index (χ3v) is 4.56. The van der Waals surface area contributed by atoms with Crippen LogP contribution < -0.4 is 4.90 Å². The predicted octanol–water partition coefficient (Wildman–Crippen LogP) is 3.07. The Morgan fingerprint density at radius 2 is 1.81 bits per heavy atom. The van der Waals surface area contributed by atoms with Crippen molar-refractivity contribution in [1.82, 2.24) is 0 Å². The predicted molar refractivity (Wildman–Crippen MR) is 98.0 cm³/mol. The fraction of sp³-hybridized carbons (Fsp3) is 0.312. The summed E-state index contributed by atoms with van der Waals surface area (Å²) >= 11 is 0.921. The molecule has 0 radical (unpaired) electrons. The number of nitro groups is 1. The fourth-order valence-electron chi connectivity index (χ4n) is 2.19. The van der Waals surface area contributed by atoms with Gasteiger partial charge in [0.2, 0.25) is 5.00 Å². The molecule has 9 nitrogen and oxygen atoms in total. The summed E-state index contributed by atoms with van der Waals surface area (Å²) in [5.74, 6) is -0.267. The molecule has 0 aliphatic heterocycles. The molecule has 138 valence electrons. The third-order valence-electron chi connectivity index (χ3n) is 3.45. The maximum Gasteiger partial charge on any atom is 0.308 e. The van der Waals surface area contributed by atoms with Gasteiger partial charge in [-0.15, -0.1) is 21.6 Å². The number of nitrogens with zero attached hydrogens (tertiary/aromatic N) is 4. The molecule has 0 saturated carbocycles. The van der Waals surface area contributed by atoms with Crippen molar-refractivity contribution >= 4 is 39.2 Å². The minimum absolute atomic E-state index is 0.0397. The van der Waals surface area contributed by atoms with Crippen molar-refractivity contribution < 1.29 is 19.9 Å². The lowest BCUT2D eigenvalue weighted by atomic mass is 10.2. The normalized spacial score (nSPS) is 11.0. The van der Waals surface area contributed by atoms with Crippen molar-refractivity contribution in [3.8, 4) is 0 Å². The van der Waals surface area contributed by atoms with Crippen LogP contribution in [0.25, 0.3) is 0 Å². The largest absolute Gasteiger partial charge is 0.395 e. The highest BCUT2D eigenvalue weighted by atomic mass is 32.1. The molecule has 26 heavy (non-hydrogen) atoms. The van der Waals surface area contributed by atoms with Crippen LogP contribution in [-0.4, -0.2) is 47.2 Å². The molecule has 1 aromatic heterocycles. The van der Waals surface area contributed by atoms with E-state index in [1.807, 2.05) is 4.90 Å². The Bertz CT molecular complexity index is 797. The summed E-state index contributed by atoms with van der Waals surface area (Å²) in [7, 11) is 0. The van der Waals surface area contributed by atoms with Crippen LogP contribution in [0, 0.1) is 10.1 Å². The number of hydrogen-bond acceptors (Lipinski definition) is 9. The summed E-state index contributed by atoms with van der Waals surface area (Å²) in [4.78, 5) is 23.9. The van der Waals surface area contributed by atoms with E-state index in [4.69, 9.17) is 10.2 Å². The second-order valence-electron chi connectivity index (χ2n) is 5.26. The van der Waals surface area contributed by atoms with Crippen molar-refractivity contribution in [2.75, 3.05) is 31.2 Å². The number of ketones is 1. The Morgan fingerprint density at radius 1 is 1.19 bits per heavy atom. The Labute approximate surface area is 153 Å². The third kappa shape index (κ3) is 4.91. The molecule has 0 spiro atoms. The van der Waals surface area contributed by atoms with Gasteiger partial charge in [-0.05, 0) is 31.2 Å². The number of thiophene rings is 1. The van der Waals surface area contributed by atoms with Crippen molar-refractivity contribution in [3.63, 3.8) is 0 Å². The molecule has 0 bridgehead atoms. The molecule has 2 aromatic rings. The van der Waals surface area contributed by atoms with E-state index in [1.165, 1.54) is 13.0 Å². The minimum atomic E-state index is -0.595. The molecule has 1 heterocycles. The average Bonchev–Trinajstić information content (AvgIpc) is 3.05. The van der Waals surface area contributed by atoms with E-state index in [0.29, 0.717) is 18.8 Å². The van der Waals surface area contributed by atoms with Crippen molar-refractivity contribution in [3.05, 3.63) is 45.3 Å². The molecule has 1 aromatic carbocycles. The van der Waals surface area contributed by atoms with Gasteiger partial charge in [0.05, 0.1) is 28.7 Å². The molecule has 0 amide bonds. The first-order valence-corrected chi connectivity index (χ1v) is 8.55. The van der Waals surface area contributed by atoms with Crippen LogP contribution in [0.15, 0.2) is 40.6 Å². The fourth-order valence-corrected chi connectivity index (χ4v) is 3.03. The van der Waals surface area contributed by atoms with Gasteiger partial charge >= 0.3 is 5.69 Å². The van der Waals surface area contributed by atoms with Crippen molar-refractivity contribution in [2.45, 2.75) is 6.92 Å². The number of aliphatic hydroxyl groups excluding tert-OH is 2. The summed E-state index contributed by atoms with van der Waals surface area (Å²) in [6, 6.07) is 8.05. The number of anilines is 1. The average molecular weight is 378 g/mol. The van der Waals surface area contributed by atoms with E-state index >= 15 is 0 Å². The van der Waals surface area contributed by atoms with Gasteiger partial charge in [-0.3, -0.25) is 14.9 Å². The van der Waals surface area contributed by atoms with Crippen LogP contribution >= 0.6 is 11.3 Å². The molecule has 2 rings (SSSR count). The first-order chi connectivity index (χ1) is 12.5. The van der Waals surface area contributed by atoms with Crippen LogP contribution in [0.5, 0.6) is 0 Å². The zero-order valence-corrected chi connectivity index (χ0v) is 14.8. The van der Waals surface area contributed by atoms with Gasteiger partial charge < -0.3 is 15.1 Å². The SMILES string of the molecule is CC(=O)c1cc([N+](=O)[O-])c(N=Nc2ccc(N(CCO)CCO)cc2)s1. The summed E-state index contributed by atoms with van der Waals surface area (Å²) < 4.78 is 0. The van der Waals surface area contributed by atoms with Crippen LogP contribution in [0.1, 0.15) is 16.6 Å². The lowest BCUT2D eigenvalue weighted by Gasteiger charge is -2.22. The van der Waals surface area contributed by atoms with Gasteiger partial charge in [-0.1, -0.05) is 0 Å². The Morgan fingerprint density at radius 3 is 2.31 bits per heavy atom. The van der Waals surface area contributed by atoms with Crippen molar-refractivity contribution in [1.29, 1.82) is 0 Å². The highest BCUT2D eigenvalue weighted by Crippen LogP contribution is 2.38. The Hall–Kier alpha value is -2.69. The van der Waals surface area contributed by atoms with Gasteiger partial charge in [0.25, 0.3) is 0 Å². The second-order valence-corrected chi connectivity index (χ2v) is 6.30. The number of aliphatic hydroxyl groups is 2. The zero-order valence-electron chi connectivity index (χ0n) is 14.0. The van der Waals surface area contributed by atoms with E-state index in [-0.39, 0.29) is 34.6 Å². The van der Waals surface area contributed by atoms with Crippen molar-refractivity contribution in [2.24, 2.45) is 10.2 Å². The summed E-state index contributed by atoms with van der Waals surface area (Å²) in [5.41, 5.74) is 1.03. The monoisotopic (exact) mass is 378 g/mol. The topological polar surface area (TPSA) is 129 Å². The number of hydrogen-bond donors (Lipinski definition) is 2. The maximum absolute atomic E-state index is 11.4. The standard InChI is InChI=1S/C16H18N4O5S/c1-11(23)15-10-14(20(24)25)16(26-15)18-17-12-2-4-13(5-3-12)19(6-8-21)7-9-22/h2-5,10,21-22H,6-9H2,1H3. The molecule has 0 unspecified atom stereocenters.